The maximum atomic E-state index is 13.5. The number of hydrogen-bond acceptors (Lipinski definition) is 5. The number of carbonyl (C=O) groups excluding carboxylic acids is 1. The van der Waals surface area contributed by atoms with Gasteiger partial charge in [0.1, 0.15) is 5.82 Å². The fraction of sp³-hybridized carbons (Fsp3) is 0.357. The molecule has 1 heterocycles. The van der Waals surface area contributed by atoms with Crippen LogP contribution in [0.2, 0.25) is 0 Å². The van der Waals surface area contributed by atoms with Gasteiger partial charge in [0.2, 0.25) is 0 Å². The number of nitrogens with zero attached hydrogens (tertiary/aromatic N) is 3. The Balaban J connectivity index is 1.89. The van der Waals surface area contributed by atoms with Gasteiger partial charge in [-0.1, -0.05) is 55.8 Å². The van der Waals surface area contributed by atoms with Gasteiger partial charge in [-0.25, -0.2) is 4.98 Å². The highest BCUT2D eigenvalue weighted by molar-refractivity contribution is 5.70. The largest absolute Gasteiger partial charge is 0.466 e. The summed E-state index contributed by atoms with van der Waals surface area (Å²) in [6.07, 6.45) is 3.82. The summed E-state index contributed by atoms with van der Waals surface area (Å²) >= 11 is 0. The van der Waals surface area contributed by atoms with Crippen molar-refractivity contribution in [2.24, 2.45) is 0 Å². The molecule has 1 aromatic heterocycles. The van der Waals surface area contributed by atoms with E-state index in [1.165, 1.54) is 6.92 Å². The van der Waals surface area contributed by atoms with Crippen LogP contribution in [0.25, 0.3) is 11.1 Å². The fourth-order valence-corrected chi connectivity index (χ4v) is 4.03. The number of benzene rings is 2. The summed E-state index contributed by atoms with van der Waals surface area (Å²) in [5.41, 5.74) is 5.07. The molecule has 0 fully saturated rings. The van der Waals surface area contributed by atoms with Crippen LogP contribution in [-0.2, 0) is 28.9 Å². The predicted molar refractivity (Wildman–Crippen MR) is 132 cm³/mol. The van der Waals surface area contributed by atoms with Gasteiger partial charge in [-0.05, 0) is 48.9 Å². The lowest BCUT2D eigenvalue weighted by Crippen LogP contribution is -2.30. The maximum absolute atomic E-state index is 13.5. The molecule has 0 saturated carbocycles. The van der Waals surface area contributed by atoms with Crippen LogP contribution < -0.4 is 5.56 Å². The fourth-order valence-electron chi connectivity index (χ4n) is 4.03. The monoisotopic (exact) mass is 457 g/mol. The zero-order valence-corrected chi connectivity index (χ0v) is 20.1. The van der Waals surface area contributed by atoms with Gasteiger partial charge in [-0.15, -0.1) is 0 Å². The Hall–Kier alpha value is -3.72. The molecule has 34 heavy (non-hydrogen) atoms. The molecule has 0 amide bonds. The van der Waals surface area contributed by atoms with Crippen LogP contribution in [0.3, 0.4) is 0 Å². The Morgan fingerprint density at radius 1 is 1.12 bits per heavy atom. The van der Waals surface area contributed by atoms with E-state index in [0.29, 0.717) is 30.8 Å². The lowest BCUT2D eigenvalue weighted by Gasteiger charge is -2.16. The molecule has 3 rings (SSSR count). The number of rotatable bonds is 10. The van der Waals surface area contributed by atoms with Crippen LogP contribution >= 0.6 is 0 Å². The molecular weight excluding hydrogens is 426 g/mol. The zero-order valence-electron chi connectivity index (χ0n) is 20.1. The van der Waals surface area contributed by atoms with Gasteiger partial charge in [0.25, 0.3) is 5.56 Å². The first-order chi connectivity index (χ1) is 16.4. The van der Waals surface area contributed by atoms with Crippen LogP contribution in [0.4, 0.5) is 0 Å². The van der Waals surface area contributed by atoms with E-state index in [2.05, 4.69) is 13.0 Å². The molecular formula is C28H31N3O3. The Morgan fingerprint density at radius 2 is 1.85 bits per heavy atom. The van der Waals surface area contributed by atoms with E-state index in [-0.39, 0.29) is 18.1 Å². The second-order valence-corrected chi connectivity index (χ2v) is 8.37. The predicted octanol–water partition coefficient (Wildman–Crippen LogP) is 4.98. The summed E-state index contributed by atoms with van der Waals surface area (Å²) < 4.78 is 6.70. The molecule has 176 valence electrons. The minimum atomic E-state index is -0.321. The number of unbranched alkanes of at least 4 members (excludes halogenated alkanes) is 1. The van der Waals surface area contributed by atoms with Gasteiger partial charge in [0.15, 0.2) is 0 Å². The molecule has 0 aliphatic heterocycles. The second kappa shape index (κ2) is 11.9. The number of aromatic nitrogens is 2. The van der Waals surface area contributed by atoms with E-state index in [9.17, 15) is 14.9 Å². The van der Waals surface area contributed by atoms with Crippen LogP contribution in [0.5, 0.6) is 0 Å². The van der Waals surface area contributed by atoms with E-state index < -0.39 is 0 Å². The van der Waals surface area contributed by atoms with Crippen molar-refractivity contribution in [2.75, 3.05) is 6.61 Å². The zero-order chi connectivity index (χ0) is 24.5. The molecule has 0 radical (unpaired) electrons. The molecule has 6 heteroatoms. The number of nitriles is 1. The topological polar surface area (TPSA) is 85.0 Å². The molecule has 0 atom stereocenters. The van der Waals surface area contributed by atoms with Crippen LogP contribution in [0, 0.1) is 18.3 Å². The minimum absolute atomic E-state index is 0.0275. The maximum Gasteiger partial charge on any atom is 0.302 e. The molecule has 3 aromatic rings. The number of aryl methyl sites for hydroxylation is 2. The van der Waals surface area contributed by atoms with Gasteiger partial charge < -0.3 is 4.74 Å². The standard InChI is InChI=1S/C28H31N3O3/c1-4-5-11-27-26(28(33)31(20(2)30-27)16-8-17-34-21(3)32)18-22-12-14-23(15-13-22)25-10-7-6-9-24(25)19-29/h6-7,9-10,12-15H,4-5,8,11,16-18H2,1-3H3. The van der Waals surface area contributed by atoms with Crippen molar-refractivity contribution in [3.63, 3.8) is 0 Å². The van der Waals surface area contributed by atoms with Crippen molar-refractivity contribution in [2.45, 2.75) is 59.4 Å². The van der Waals surface area contributed by atoms with Crippen molar-refractivity contribution in [1.82, 2.24) is 9.55 Å². The first kappa shape index (κ1) is 24.9. The van der Waals surface area contributed by atoms with E-state index in [0.717, 1.165) is 47.2 Å². The molecule has 0 N–H and O–H groups in total. The minimum Gasteiger partial charge on any atom is -0.466 e. The van der Waals surface area contributed by atoms with Crippen LogP contribution in [-0.4, -0.2) is 22.1 Å². The van der Waals surface area contributed by atoms with Crippen LogP contribution in [0.15, 0.2) is 53.3 Å². The number of hydrogen-bond donors (Lipinski definition) is 0. The number of ether oxygens (including phenoxy) is 1. The average molecular weight is 458 g/mol. The lowest BCUT2D eigenvalue weighted by atomic mass is 9.97. The molecule has 6 nitrogen and oxygen atoms in total. The lowest BCUT2D eigenvalue weighted by molar-refractivity contribution is -0.141. The van der Waals surface area contributed by atoms with Crippen molar-refractivity contribution in [1.29, 1.82) is 5.26 Å². The normalized spacial score (nSPS) is 10.6. The average Bonchev–Trinajstić information content (AvgIpc) is 2.84. The molecule has 0 bridgehead atoms. The summed E-state index contributed by atoms with van der Waals surface area (Å²) in [5.74, 6) is 0.366. The smallest absolute Gasteiger partial charge is 0.302 e. The quantitative estimate of drug-likeness (QED) is 0.317. The van der Waals surface area contributed by atoms with Gasteiger partial charge in [0.05, 0.1) is 23.9 Å². The summed E-state index contributed by atoms with van der Waals surface area (Å²) in [7, 11) is 0. The van der Waals surface area contributed by atoms with E-state index in [1.807, 2.05) is 55.5 Å². The number of carbonyl (C=O) groups is 1. The third-order valence-electron chi connectivity index (χ3n) is 5.83. The Kier molecular flexibility index (Phi) is 8.75. The van der Waals surface area contributed by atoms with Crippen molar-refractivity contribution < 1.29 is 9.53 Å². The Labute approximate surface area is 200 Å². The second-order valence-electron chi connectivity index (χ2n) is 8.37. The number of esters is 1. The highest BCUT2D eigenvalue weighted by Gasteiger charge is 2.15. The SMILES string of the molecule is CCCCc1nc(C)n(CCCOC(C)=O)c(=O)c1Cc1ccc(-c2ccccc2C#N)cc1. The summed E-state index contributed by atoms with van der Waals surface area (Å²) in [4.78, 5) is 29.3. The molecule has 0 aliphatic carbocycles. The van der Waals surface area contributed by atoms with E-state index in [4.69, 9.17) is 9.72 Å². The van der Waals surface area contributed by atoms with Gasteiger partial charge in [0, 0.05) is 25.5 Å². The molecule has 2 aromatic carbocycles. The van der Waals surface area contributed by atoms with Gasteiger partial charge in [-0.3, -0.25) is 14.2 Å². The van der Waals surface area contributed by atoms with E-state index >= 15 is 0 Å². The molecule has 0 aliphatic rings. The van der Waals surface area contributed by atoms with Crippen molar-refractivity contribution in [3.8, 4) is 17.2 Å². The summed E-state index contributed by atoms with van der Waals surface area (Å²) in [5, 5.41) is 9.40. The highest BCUT2D eigenvalue weighted by atomic mass is 16.5. The van der Waals surface area contributed by atoms with Crippen molar-refractivity contribution >= 4 is 5.97 Å². The van der Waals surface area contributed by atoms with Gasteiger partial charge >= 0.3 is 5.97 Å². The first-order valence-electron chi connectivity index (χ1n) is 11.8. The van der Waals surface area contributed by atoms with Crippen molar-refractivity contribution in [3.05, 3.63) is 87.1 Å². The molecule has 0 saturated heterocycles. The molecule has 0 spiro atoms. The summed E-state index contributed by atoms with van der Waals surface area (Å²) in [6.45, 7) is 6.09. The van der Waals surface area contributed by atoms with Gasteiger partial charge in [-0.2, -0.15) is 5.26 Å². The van der Waals surface area contributed by atoms with E-state index in [1.54, 1.807) is 4.57 Å². The third-order valence-corrected chi connectivity index (χ3v) is 5.83. The molecule has 0 unspecified atom stereocenters. The highest BCUT2D eigenvalue weighted by Crippen LogP contribution is 2.24. The Morgan fingerprint density at radius 3 is 2.53 bits per heavy atom. The first-order valence-corrected chi connectivity index (χ1v) is 11.8. The third kappa shape index (κ3) is 6.20. The summed E-state index contributed by atoms with van der Waals surface area (Å²) in [6, 6.07) is 17.8. The Bertz CT molecular complexity index is 1240. The van der Waals surface area contributed by atoms with Crippen LogP contribution in [0.1, 0.15) is 61.3 Å².